The number of hydrogen-bond acceptors (Lipinski definition) is 6. The van der Waals surface area contributed by atoms with Crippen LogP contribution in [0.3, 0.4) is 0 Å². The van der Waals surface area contributed by atoms with Gasteiger partial charge < -0.3 is 25.5 Å². The van der Waals surface area contributed by atoms with Crippen molar-refractivity contribution in [1.82, 2.24) is 10.3 Å². The number of nitrogens with two attached hydrogens (primary N) is 1. The maximum Gasteiger partial charge on any atom is 0.217 e. The number of carbonyl (C=O) groups excluding carboxylic acids is 1. The summed E-state index contributed by atoms with van der Waals surface area (Å²) in [5, 5.41) is 8.15. The van der Waals surface area contributed by atoms with E-state index in [-0.39, 0.29) is 18.0 Å². The molecule has 2 heterocycles. The van der Waals surface area contributed by atoms with Crippen LogP contribution in [-0.4, -0.2) is 30.5 Å². The normalized spacial score (nSPS) is 12.6. The minimum absolute atomic E-state index is 0.110. The van der Waals surface area contributed by atoms with Gasteiger partial charge in [0.25, 0.3) is 0 Å². The molecule has 0 aliphatic carbocycles. The summed E-state index contributed by atoms with van der Waals surface area (Å²) in [5.74, 6) is 1.43. The van der Waals surface area contributed by atoms with E-state index in [2.05, 4.69) is 20.6 Å². The highest BCUT2D eigenvalue weighted by atomic mass is 32.1. The summed E-state index contributed by atoms with van der Waals surface area (Å²) in [4.78, 5) is 19.8. The number of carbonyl (C=O) groups is 1. The van der Waals surface area contributed by atoms with Crippen LogP contribution in [0.5, 0.6) is 0 Å². The number of hydrogen-bond donors (Lipinski definition) is 3. The van der Waals surface area contributed by atoms with Crippen molar-refractivity contribution >= 4 is 28.3 Å². The molecular weight excluding hydrogens is 390 g/mol. The second-order valence-corrected chi connectivity index (χ2v) is 7.06. The number of anilines is 1. The standard InChI is InChI=1S/C20H23N5O3S/c1-13(26)22-10-15-8-9-17(28-15)16-12-29-20(24-16)25-19(21)23-11-18(27-2)14-6-4-3-5-7-14/h3-9,12,18H,10-11H2,1-2H3,(H,22,26)(H3,21,23,24,25). The highest BCUT2D eigenvalue weighted by molar-refractivity contribution is 7.14. The lowest BCUT2D eigenvalue weighted by Gasteiger charge is -2.13. The zero-order valence-electron chi connectivity index (χ0n) is 16.2. The first-order valence-corrected chi connectivity index (χ1v) is 9.87. The predicted octanol–water partition coefficient (Wildman–Crippen LogP) is 3.15. The fourth-order valence-corrected chi connectivity index (χ4v) is 3.29. The average Bonchev–Trinajstić information content (AvgIpc) is 3.37. The molecule has 3 rings (SSSR count). The number of benzene rings is 1. The van der Waals surface area contributed by atoms with Crippen LogP contribution in [0, 0.1) is 0 Å². The molecule has 1 atom stereocenters. The molecule has 0 aliphatic rings. The van der Waals surface area contributed by atoms with Gasteiger partial charge in [-0.1, -0.05) is 30.3 Å². The highest BCUT2D eigenvalue weighted by Gasteiger charge is 2.12. The number of furan rings is 1. The van der Waals surface area contributed by atoms with Crippen LogP contribution in [0.4, 0.5) is 5.13 Å². The molecule has 0 radical (unpaired) electrons. The molecule has 0 bridgehead atoms. The number of nitrogens with one attached hydrogen (secondary N) is 2. The van der Waals surface area contributed by atoms with Crippen molar-refractivity contribution < 1.29 is 13.9 Å². The van der Waals surface area contributed by atoms with Crippen molar-refractivity contribution in [1.29, 1.82) is 0 Å². The van der Waals surface area contributed by atoms with Gasteiger partial charge in [-0.3, -0.25) is 9.79 Å². The molecule has 0 spiro atoms. The van der Waals surface area contributed by atoms with Crippen molar-refractivity contribution in [3.8, 4) is 11.5 Å². The maximum absolute atomic E-state index is 11.0. The molecule has 2 aromatic heterocycles. The van der Waals surface area contributed by atoms with Crippen molar-refractivity contribution in [2.24, 2.45) is 10.7 Å². The molecule has 152 valence electrons. The Balaban J connectivity index is 1.59. The lowest BCUT2D eigenvalue weighted by Crippen LogP contribution is -2.23. The van der Waals surface area contributed by atoms with Crippen LogP contribution in [0.15, 0.2) is 57.3 Å². The fraction of sp³-hybridized carbons (Fsp3) is 0.250. The minimum Gasteiger partial charge on any atom is -0.458 e. The largest absolute Gasteiger partial charge is 0.458 e. The van der Waals surface area contributed by atoms with Gasteiger partial charge >= 0.3 is 0 Å². The van der Waals surface area contributed by atoms with Gasteiger partial charge in [-0.05, 0) is 17.7 Å². The molecule has 3 aromatic rings. The van der Waals surface area contributed by atoms with Crippen molar-refractivity contribution in [2.45, 2.75) is 19.6 Å². The summed E-state index contributed by atoms with van der Waals surface area (Å²) in [6, 6.07) is 13.5. The summed E-state index contributed by atoms with van der Waals surface area (Å²) in [7, 11) is 1.65. The molecule has 9 heteroatoms. The Morgan fingerprint density at radius 1 is 1.31 bits per heavy atom. The molecule has 8 nitrogen and oxygen atoms in total. The lowest BCUT2D eigenvalue weighted by atomic mass is 10.1. The van der Waals surface area contributed by atoms with E-state index >= 15 is 0 Å². The van der Waals surface area contributed by atoms with Gasteiger partial charge in [0.05, 0.1) is 13.1 Å². The fourth-order valence-electron chi connectivity index (χ4n) is 2.58. The molecule has 0 saturated heterocycles. The van der Waals surface area contributed by atoms with Gasteiger partial charge in [-0.2, -0.15) is 0 Å². The average molecular weight is 414 g/mol. The SMILES string of the molecule is COC(CN=C(N)Nc1nc(-c2ccc(CNC(C)=O)o2)cs1)c1ccccc1. The third kappa shape index (κ3) is 5.90. The van der Waals surface area contributed by atoms with Gasteiger partial charge in [-0.15, -0.1) is 11.3 Å². The molecule has 29 heavy (non-hydrogen) atoms. The Morgan fingerprint density at radius 2 is 2.10 bits per heavy atom. The second kappa shape index (κ2) is 9.85. The first-order chi connectivity index (χ1) is 14.0. The Kier molecular flexibility index (Phi) is 6.99. The van der Waals surface area contributed by atoms with Crippen LogP contribution in [0.2, 0.25) is 0 Å². The Hall–Kier alpha value is -3.17. The summed E-state index contributed by atoms with van der Waals surface area (Å²) in [5.41, 5.74) is 7.71. The zero-order chi connectivity index (χ0) is 20.6. The third-order valence-corrected chi connectivity index (χ3v) is 4.81. The summed E-state index contributed by atoms with van der Waals surface area (Å²) >= 11 is 1.39. The number of methoxy groups -OCH3 is 1. The molecule has 1 unspecified atom stereocenters. The molecule has 0 fully saturated rings. The quantitative estimate of drug-likeness (QED) is 0.386. The smallest absolute Gasteiger partial charge is 0.217 e. The van der Waals surface area contributed by atoms with Crippen LogP contribution in [0.25, 0.3) is 11.5 Å². The number of ether oxygens (including phenoxy) is 1. The molecule has 0 aliphatic heterocycles. The molecule has 1 aromatic carbocycles. The number of guanidine groups is 1. The van der Waals surface area contributed by atoms with Gasteiger partial charge in [0, 0.05) is 19.4 Å². The Morgan fingerprint density at radius 3 is 2.83 bits per heavy atom. The molecular formula is C20H23N5O3S. The number of rotatable bonds is 8. The number of nitrogens with zero attached hydrogens (tertiary/aromatic N) is 2. The van der Waals surface area contributed by atoms with Crippen molar-refractivity contribution in [2.75, 3.05) is 19.0 Å². The number of aliphatic imine (C=N–C) groups is 1. The summed E-state index contributed by atoms with van der Waals surface area (Å²) < 4.78 is 11.2. The van der Waals surface area contributed by atoms with Crippen molar-refractivity contribution in [3.63, 3.8) is 0 Å². The zero-order valence-corrected chi connectivity index (χ0v) is 17.0. The molecule has 0 saturated carbocycles. The molecule has 1 amide bonds. The molecule has 4 N–H and O–H groups in total. The minimum atomic E-state index is -0.173. The summed E-state index contributed by atoms with van der Waals surface area (Å²) in [6.07, 6.45) is -0.173. The van der Waals surface area contributed by atoms with Crippen LogP contribution in [0.1, 0.15) is 24.4 Å². The first kappa shape index (κ1) is 20.6. The van der Waals surface area contributed by atoms with E-state index < -0.39 is 0 Å². The van der Waals surface area contributed by atoms with Crippen LogP contribution < -0.4 is 16.4 Å². The third-order valence-electron chi connectivity index (χ3n) is 4.05. The topological polar surface area (TPSA) is 115 Å². The summed E-state index contributed by atoms with van der Waals surface area (Å²) in [6.45, 7) is 2.19. The van der Waals surface area contributed by atoms with E-state index in [4.69, 9.17) is 14.9 Å². The van der Waals surface area contributed by atoms with E-state index in [0.29, 0.717) is 35.4 Å². The lowest BCUT2D eigenvalue weighted by molar-refractivity contribution is -0.119. The van der Waals surface area contributed by atoms with Gasteiger partial charge in [0.2, 0.25) is 5.91 Å². The Bertz CT molecular complexity index is 967. The number of amides is 1. The van der Waals surface area contributed by atoms with Crippen LogP contribution in [-0.2, 0) is 16.1 Å². The first-order valence-electron chi connectivity index (χ1n) is 8.99. The van der Waals surface area contributed by atoms with E-state index in [1.165, 1.54) is 18.3 Å². The van der Waals surface area contributed by atoms with Crippen LogP contribution >= 0.6 is 11.3 Å². The van der Waals surface area contributed by atoms with Gasteiger partial charge in [-0.25, -0.2) is 4.98 Å². The number of aromatic nitrogens is 1. The maximum atomic E-state index is 11.0. The predicted molar refractivity (Wildman–Crippen MR) is 114 cm³/mol. The van der Waals surface area contributed by atoms with E-state index in [9.17, 15) is 4.79 Å². The second-order valence-electron chi connectivity index (χ2n) is 6.20. The van der Waals surface area contributed by atoms with E-state index in [1.54, 1.807) is 7.11 Å². The Labute approximate surface area is 172 Å². The van der Waals surface area contributed by atoms with Crippen molar-refractivity contribution in [3.05, 3.63) is 59.2 Å². The van der Waals surface area contributed by atoms with Gasteiger partial charge in [0.15, 0.2) is 16.9 Å². The highest BCUT2D eigenvalue weighted by Crippen LogP contribution is 2.26. The van der Waals surface area contributed by atoms with E-state index in [0.717, 1.165) is 5.56 Å². The number of thiazole rings is 1. The monoisotopic (exact) mass is 413 g/mol. The van der Waals surface area contributed by atoms with E-state index in [1.807, 2.05) is 47.8 Å². The van der Waals surface area contributed by atoms with Gasteiger partial charge in [0.1, 0.15) is 17.6 Å².